The molecular formula is C61H104O6. The number of esters is 3. The lowest BCUT2D eigenvalue weighted by molar-refractivity contribution is -0.167. The van der Waals surface area contributed by atoms with Gasteiger partial charge in [0.15, 0.2) is 6.10 Å². The van der Waals surface area contributed by atoms with Crippen molar-refractivity contribution in [1.82, 2.24) is 0 Å². The molecule has 0 aliphatic heterocycles. The zero-order valence-corrected chi connectivity index (χ0v) is 43.9. The number of hydrogen-bond donors (Lipinski definition) is 0. The summed E-state index contributed by atoms with van der Waals surface area (Å²) in [5, 5.41) is 0. The monoisotopic (exact) mass is 933 g/mol. The lowest BCUT2D eigenvalue weighted by Gasteiger charge is -2.18. The highest BCUT2D eigenvalue weighted by molar-refractivity contribution is 5.71. The van der Waals surface area contributed by atoms with Crippen LogP contribution in [0.25, 0.3) is 0 Å². The van der Waals surface area contributed by atoms with Gasteiger partial charge in [-0.3, -0.25) is 14.4 Å². The molecule has 0 spiro atoms. The highest BCUT2D eigenvalue weighted by atomic mass is 16.6. The Labute approximate surface area is 414 Å². The van der Waals surface area contributed by atoms with Crippen molar-refractivity contribution >= 4 is 17.9 Å². The molecule has 0 amide bonds. The van der Waals surface area contributed by atoms with Gasteiger partial charge in [0.1, 0.15) is 13.2 Å². The topological polar surface area (TPSA) is 78.9 Å². The van der Waals surface area contributed by atoms with Crippen molar-refractivity contribution in [2.24, 2.45) is 0 Å². The smallest absolute Gasteiger partial charge is 0.306 e. The third-order valence-electron chi connectivity index (χ3n) is 11.9. The first-order chi connectivity index (χ1) is 33.0. The van der Waals surface area contributed by atoms with Crippen molar-refractivity contribution in [3.05, 3.63) is 85.1 Å². The van der Waals surface area contributed by atoms with Crippen LogP contribution in [0.3, 0.4) is 0 Å². The number of unbranched alkanes of at least 4 members (excludes halogenated alkanes) is 25. The van der Waals surface area contributed by atoms with Gasteiger partial charge >= 0.3 is 17.9 Å². The van der Waals surface area contributed by atoms with Crippen LogP contribution in [0.1, 0.15) is 265 Å². The van der Waals surface area contributed by atoms with Gasteiger partial charge in [-0.15, -0.1) is 0 Å². The molecule has 0 bridgehead atoms. The van der Waals surface area contributed by atoms with E-state index in [-0.39, 0.29) is 31.1 Å². The van der Waals surface area contributed by atoms with Crippen LogP contribution in [0.2, 0.25) is 0 Å². The van der Waals surface area contributed by atoms with E-state index in [2.05, 4.69) is 106 Å². The van der Waals surface area contributed by atoms with Crippen LogP contribution in [0, 0.1) is 0 Å². The van der Waals surface area contributed by atoms with E-state index in [1.54, 1.807) is 0 Å². The number of hydrogen-bond acceptors (Lipinski definition) is 6. The van der Waals surface area contributed by atoms with E-state index in [0.717, 1.165) is 109 Å². The Balaban J connectivity index is 4.45. The normalized spacial score (nSPS) is 12.7. The number of carbonyl (C=O) groups is 3. The van der Waals surface area contributed by atoms with Crippen molar-refractivity contribution in [3.63, 3.8) is 0 Å². The van der Waals surface area contributed by atoms with E-state index in [0.29, 0.717) is 19.3 Å². The van der Waals surface area contributed by atoms with E-state index >= 15 is 0 Å². The quantitative estimate of drug-likeness (QED) is 0.0262. The fraction of sp³-hybridized carbons (Fsp3) is 0.721. The average molecular weight is 933 g/mol. The number of ether oxygens (including phenoxy) is 3. The number of allylic oxidation sites excluding steroid dienone is 14. The van der Waals surface area contributed by atoms with Gasteiger partial charge in [-0.05, 0) is 116 Å². The van der Waals surface area contributed by atoms with Crippen LogP contribution in [0.5, 0.6) is 0 Å². The van der Waals surface area contributed by atoms with Crippen molar-refractivity contribution in [3.8, 4) is 0 Å². The summed E-state index contributed by atoms with van der Waals surface area (Å²) in [7, 11) is 0. The first kappa shape index (κ1) is 63.6. The Morgan fingerprint density at radius 2 is 0.582 bits per heavy atom. The maximum absolute atomic E-state index is 12.8. The summed E-state index contributed by atoms with van der Waals surface area (Å²) >= 11 is 0. The van der Waals surface area contributed by atoms with E-state index in [9.17, 15) is 14.4 Å². The third kappa shape index (κ3) is 53.4. The molecule has 0 N–H and O–H groups in total. The minimum absolute atomic E-state index is 0.0914. The predicted octanol–water partition coefficient (Wildman–Crippen LogP) is 18.8. The SMILES string of the molecule is CC/C=C\C/C=C\C/C=C\C/C=C\CCCCCCC(=O)O[C@H](COC(=O)CCCCCCCCC/C=C\C/C=C\CCCCC)COC(=O)CCCCCCCCC/C=C\CCCCCC. The molecule has 0 aliphatic carbocycles. The highest BCUT2D eigenvalue weighted by Gasteiger charge is 2.19. The Morgan fingerprint density at radius 1 is 0.313 bits per heavy atom. The Bertz CT molecular complexity index is 1300. The molecule has 0 aromatic heterocycles. The lowest BCUT2D eigenvalue weighted by atomic mass is 10.1. The minimum Gasteiger partial charge on any atom is -0.462 e. The first-order valence-electron chi connectivity index (χ1n) is 28.1. The van der Waals surface area contributed by atoms with Crippen LogP contribution in [0.15, 0.2) is 85.1 Å². The molecule has 0 heterocycles. The maximum Gasteiger partial charge on any atom is 0.306 e. The summed E-state index contributed by atoms with van der Waals surface area (Å²) < 4.78 is 16.8. The second-order valence-corrected chi connectivity index (χ2v) is 18.5. The maximum atomic E-state index is 12.8. The van der Waals surface area contributed by atoms with Crippen LogP contribution in [-0.4, -0.2) is 37.2 Å². The third-order valence-corrected chi connectivity index (χ3v) is 11.9. The fourth-order valence-corrected chi connectivity index (χ4v) is 7.63. The second-order valence-electron chi connectivity index (χ2n) is 18.5. The molecule has 384 valence electrons. The van der Waals surface area contributed by atoms with Crippen molar-refractivity contribution in [1.29, 1.82) is 0 Å². The molecule has 0 saturated heterocycles. The molecule has 67 heavy (non-hydrogen) atoms. The van der Waals surface area contributed by atoms with Gasteiger partial charge < -0.3 is 14.2 Å². The standard InChI is InChI=1S/C61H104O6/c1-4-7-10-13-16-19-22-25-28-30-33-36-39-42-45-48-51-54-60(63)66-57-58(56-65-59(62)53-50-47-44-41-38-35-32-27-24-21-18-15-12-9-6-3)67-61(64)55-52-49-46-43-40-37-34-31-29-26-23-20-17-14-11-8-5-2/h8,11,16-17,19-21,24-26,28-29,34,37,58H,4-7,9-10,12-15,18,22-23,27,30-33,35-36,38-57H2,1-3H3/b11-8-,19-16-,20-17-,24-21-,28-25-,29-26-,37-34-/t58-/m0/s1. The molecule has 6 nitrogen and oxygen atoms in total. The molecule has 1 atom stereocenters. The summed E-state index contributed by atoms with van der Waals surface area (Å²) in [5.74, 6) is -0.923. The molecular weight excluding hydrogens is 829 g/mol. The van der Waals surface area contributed by atoms with Crippen LogP contribution in [0.4, 0.5) is 0 Å². The Hall–Kier alpha value is -3.41. The summed E-state index contributed by atoms with van der Waals surface area (Å²) in [4.78, 5) is 38.1. The molecule has 0 fully saturated rings. The van der Waals surface area contributed by atoms with Crippen molar-refractivity contribution < 1.29 is 28.6 Å². The van der Waals surface area contributed by atoms with Crippen LogP contribution in [-0.2, 0) is 28.6 Å². The van der Waals surface area contributed by atoms with Crippen molar-refractivity contribution in [2.75, 3.05) is 13.2 Å². The number of carbonyl (C=O) groups excluding carboxylic acids is 3. The van der Waals surface area contributed by atoms with Gasteiger partial charge in [0, 0.05) is 19.3 Å². The van der Waals surface area contributed by atoms with Crippen molar-refractivity contribution in [2.45, 2.75) is 271 Å². The van der Waals surface area contributed by atoms with Gasteiger partial charge in [0.05, 0.1) is 0 Å². The van der Waals surface area contributed by atoms with Gasteiger partial charge in [-0.1, -0.05) is 215 Å². The van der Waals surface area contributed by atoms with Gasteiger partial charge in [0.25, 0.3) is 0 Å². The molecule has 0 saturated carbocycles. The fourth-order valence-electron chi connectivity index (χ4n) is 7.63. The second kappa shape index (κ2) is 55.2. The van der Waals surface area contributed by atoms with Gasteiger partial charge in [-0.25, -0.2) is 0 Å². The Kier molecular flexibility index (Phi) is 52.4. The predicted molar refractivity (Wildman–Crippen MR) is 288 cm³/mol. The summed E-state index contributed by atoms with van der Waals surface area (Å²) in [6.07, 6.45) is 71.3. The molecule has 6 heteroatoms. The van der Waals surface area contributed by atoms with Crippen LogP contribution >= 0.6 is 0 Å². The first-order valence-corrected chi connectivity index (χ1v) is 28.1. The Morgan fingerprint density at radius 3 is 0.955 bits per heavy atom. The highest BCUT2D eigenvalue weighted by Crippen LogP contribution is 2.14. The van der Waals surface area contributed by atoms with E-state index in [1.165, 1.54) is 116 Å². The average Bonchev–Trinajstić information content (AvgIpc) is 3.33. The minimum atomic E-state index is -0.795. The van der Waals surface area contributed by atoms with Crippen LogP contribution < -0.4 is 0 Å². The summed E-state index contributed by atoms with van der Waals surface area (Å²) in [5.41, 5.74) is 0. The van der Waals surface area contributed by atoms with Gasteiger partial charge in [0.2, 0.25) is 0 Å². The number of rotatable bonds is 50. The largest absolute Gasteiger partial charge is 0.462 e. The summed E-state index contributed by atoms with van der Waals surface area (Å²) in [6.45, 7) is 6.47. The van der Waals surface area contributed by atoms with E-state index < -0.39 is 6.10 Å². The molecule has 0 unspecified atom stereocenters. The molecule has 0 rings (SSSR count). The lowest BCUT2D eigenvalue weighted by Crippen LogP contribution is -2.30. The zero-order valence-electron chi connectivity index (χ0n) is 43.9. The van der Waals surface area contributed by atoms with E-state index in [1.807, 2.05) is 0 Å². The van der Waals surface area contributed by atoms with Gasteiger partial charge in [-0.2, -0.15) is 0 Å². The molecule has 0 aromatic rings. The molecule has 0 aromatic carbocycles. The molecule has 0 aliphatic rings. The zero-order chi connectivity index (χ0) is 48.6. The van der Waals surface area contributed by atoms with E-state index in [4.69, 9.17) is 14.2 Å². The molecule has 0 radical (unpaired) electrons. The summed E-state index contributed by atoms with van der Waals surface area (Å²) in [6, 6.07) is 0.